The number of para-hydroxylation sites is 1. The molecule has 2 amide bonds. The van der Waals surface area contributed by atoms with Crippen LogP contribution in [-0.2, 0) is 9.59 Å². The minimum Gasteiger partial charge on any atom is -0.326 e. The summed E-state index contributed by atoms with van der Waals surface area (Å²) < 4.78 is 0. The fourth-order valence-corrected chi connectivity index (χ4v) is 4.24. The Morgan fingerprint density at radius 2 is 1.83 bits per heavy atom. The van der Waals surface area contributed by atoms with Crippen molar-refractivity contribution in [2.75, 3.05) is 11.9 Å². The van der Waals surface area contributed by atoms with Gasteiger partial charge in [0.2, 0.25) is 11.8 Å². The zero-order valence-corrected chi connectivity index (χ0v) is 18.1. The van der Waals surface area contributed by atoms with E-state index in [1.165, 1.54) is 11.8 Å². The first-order chi connectivity index (χ1) is 13.8. The van der Waals surface area contributed by atoms with Gasteiger partial charge in [-0.25, -0.2) is 4.99 Å². The van der Waals surface area contributed by atoms with E-state index in [1.807, 2.05) is 62.4 Å². The van der Waals surface area contributed by atoms with Gasteiger partial charge in [-0.1, -0.05) is 61.5 Å². The van der Waals surface area contributed by atoms with Gasteiger partial charge in [0.15, 0.2) is 5.17 Å². The lowest BCUT2D eigenvalue weighted by Crippen LogP contribution is -2.36. The number of carbonyl (C=O) groups is 2. The van der Waals surface area contributed by atoms with Crippen molar-refractivity contribution in [1.82, 2.24) is 4.90 Å². The van der Waals surface area contributed by atoms with Crippen molar-refractivity contribution in [2.45, 2.75) is 39.4 Å². The summed E-state index contributed by atoms with van der Waals surface area (Å²) in [7, 11) is 0. The standard InChI is InChI=1S/C23H27N3O2S/c1-15(2)14-26-22(28)20(13-21(27)25-19-8-6-5-7-17(19)4)29-23(26)24-18-11-9-16(3)10-12-18/h5-12,15,20H,13-14H2,1-4H3,(H,25,27)/t20-/m1/s1. The Morgan fingerprint density at radius 3 is 2.48 bits per heavy atom. The highest BCUT2D eigenvalue weighted by atomic mass is 32.2. The van der Waals surface area contributed by atoms with E-state index in [2.05, 4.69) is 19.2 Å². The molecule has 2 aromatic carbocycles. The number of carbonyl (C=O) groups excluding carboxylic acids is 2. The van der Waals surface area contributed by atoms with Crippen LogP contribution in [0.4, 0.5) is 11.4 Å². The topological polar surface area (TPSA) is 61.8 Å². The average Bonchev–Trinajstić information content (AvgIpc) is 2.94. The van der Waals surface area contributed by atoms with Gasteiger partial charge < -0.3 is 5.32 Å². The molecule has 0 radical (unpaired) electrons. The molecule has 152 valence electrons. The summed E-state index contributed by atoms with van der Waals surface area (Å²) in [4.78, 5) is 32.0. The quantitative estimate of drug-likeness (QED) is 0.737. The van der Waals surface area contributed by atoms with Crippen molar-refractivity contribution < 1.29 is 9.59 Å². The van der Waals surface area contributed by atoms with Crippen molar-refractivity contribution in [3.05, 3.63) is 59.7 Å². The summed E-state index contributed by atoms with van der Waals surface area (Å²) >= 11 is 1.38. The zero-order valence-electron chi connectivity index (χ0n) is 17.3. The molecule has 1 aliphatic rings. The first kappa shape index (κ1) is 21.1. The van der Waals surface area contributed by atoms with E-state index in [0.29, 0.717) is 17.6 Å². The molecule has 0 spiro atoms. The van der Waals surface area contributed by atoms with Gasteiger partial charge in [0.25, 0.3) is 0 Å². The highest BCUT2D eigenvalue weighted by molar-refractivity contribution is 8.15. The lowest BCUT2D eigenvalue weighted by Gasteiger charge is -2.18. The molecule has 1 fully saturated rings. The van der Waals surface area contributed by atoms with Gasteiger partial charge in [-0.2, -0.15) is 0 Å². The second-order valence-electron chi connectivity index (χ2n) is 7.75. The highest BCUT2D eigenvalue weighted by Gasteiger charge is 2.39. The Labute approximate surface area is 176 Å². The number of amidine groups is 1. The van der Waals surface area contributed by atoms with E-state index in [1.54, 1.807) is 4.90 Å². The summed E-state index contributed by atoms with van der Waals surface area (Å²) in [6, 6.07) is 15.5. The Bertz CT molecular complexity index is 922. The van der Waals surface area contributed by atoms with E-state index in [-0.39, 0.29) is 18.2 Å². The predicted molar refractivity (Wildman–Crippen MR) is 121 cm³/mol. The van der Waals surface area contributed by atoms with Crippen molar-refractivity contribution in [1.29, 1.82) is 0 Å². The maximum Gasteiger partial charge on any atom is 0.242 e. The summed E-state index contributed by atoms with van der Waals surface area (Å²) in [6.07, 6.45) is 0.124. The number of rotatable bonds is 6. The molecule has 1 saturated heterocycles. The molecular formula is C23H27N3O2S. The smallest absolute Gasteiger partial charge is 0.242 e. The summed E-state index contributed by atoms with van der Waals surface area (Å²) in [6.45, 7) is 8.70. The largest absolute Gasteiger partial charge is 0.326 e. The molecule has 0 unspecified atom stereocenters. The molecule has 5 nitrogen and oxygen atoms in total. The maximum absolute atomic E-state index is 13.0. The van der Waals surface area contributed by atoms with Crippen LogP contribution < -0.4 is 5.32 Å². The fraction of sp³-hybridized carbons (Fsp3) is 0.348. The second kappa shape index (κ2) is 9.27. The van der Waals surface area contributed by atoms with Gasteiger partial charge in [0.05, 0.1) is 5.69 Å². The molecule has 1 N–H and O–H groups in total. The van der Waals surface area contributed by atoms with Crippen molar-refractivity contribution in [3.63, 3.8) is 0 Å². The third-order valence-corrected chi connectivity index (χ3v) is 5.79. The number of hydrogen-bond acceptors (Lipinski definition) is 4. The Balaban J connectivity index is 1.76. The van der Waals surface area contributed by atoms with Crippen molar-refractivity contribution >= 4 is 40.1 Å². The van der Waals surface area contributed by atoms with Gasteiger partial charge in [-0.05, 0) is 43.5 Å². The lowest BCUT2D eigenvalue weighted by molar-refractivity contribution is -0.128. The van der Waals surface area contributed by atoms with Gasteiger partial charge in [-0.15, -0.1) is 0 Å². The molecule has 0 aliphatic carbocycles. The molecule has 0 bridgehead atoms. The molecule has 1 atom stereocenters. The minimum absolute atomic E-state index is 0.0468. The third kappa shape index (κ3) is 5.48. The normalized spacial score (nSPS) is 18.0. The number of anilines is 1. The Kier molecular flexibility index (Phi) is 6.75. The van der Waals surface area contributed by atoms with Crippen molar-refractivity contribution in [3.8, 4) is 0 Å². The van der Waals surface area contributed by atoms with Crippen LogP contribution in [0.1, 0.15) is 31.4 Å². The summed E-state index contributed by atoms with van der Waals surface area (Å²) in [5.74, 6) is 0.100. The molecule has 0 saturated carbocycles. The van der Waals surface area contributed by atoms with Crippen LogP contribution in [-0.4, -0.2) is 33.7 Å². The number of thioether (sulfide) groups is 1. The molecule has 1 aliphatic heterocycles. The van der Waals surface area contributed by atoms with E-state index in [9.17, 15) is 9.59 Å². The van der Waals surface area contributed by atoms with Crippen LogP contribution in [0.5, 0.6) is 0 Å². The number of benzene rings is 2. The van der Waals surface area contributed by atoms with E-state index < -0.39 is 5.25 Å². The molecule has 6 heteroatoms. The highest BCUT2D eigenvalue weighted by Crippen LogP contribution is 2.32. The van der Waals surface area contributed by atoms with Crippen LogP contribution in [0.2, 0.25) is 0 Å². The number of aliphatic imine (C=N–C) groups is 1. The van der Waals surface area contributed by atoms with Crippen LogP contribution >= 0.6 is 11.8 Å². The Hall–Kier alpha value is -2.60. The number of nitrogens with zero attached hydrogens (tertiary/aromatic N) is 2. The van der Waals surface area contributed by atoms with Gasteiger partial charge in [-0.3, -0.25) is 14.5 Å². The predicted octanol–water partition coefficient (Wildman–Crippen LogP) is 4.92. The molecule has 1 heterocycles. The first-order valence-corrected chi connectivity index (χ1v) is 10.7. The lowest BCUT2D eigenvalue weighted by atomic mass is 10.1. The maximum atomic E-state index is 13.0. The molecule has 3 rings (SSSR count). The molecule has 0 aromatic heterocycles. The van der Waals surface area contributed by atoms with Crippen LogP contribution in [0.3, 0.4) is 0 Å². The van der Waals surface area contributed by atoms with Crippen LogP contribution in [0.25, 0.3) is 0 Å². The number of hydrogen-bond donors (Lipinski definition) is 1. The Morgan fingerprint density at radius 1 is 1.14 bits per heavy atom. The zero-order chi connectivity index (χ0) is 21.0. The first-order valence-electron chi connectivity index (χ1n) is 9.82. The van der Waals surface area contributed by atoms with Crippen LogP contribution in [0, 0.1) is 19.8 Å². The molecule has 29 heavy (non-hydrogen) atoms. The summed E-state index contributed by atoms with van der Waals surface area (Å²) in [5.41, 5.74) is 3.74. The van der Waals surface area contributed by atoms with Gasteiger partial charge in [0, 0.05) is 18.7 Å². The minimum atomic E-state index is -0.457. The van der Waals surface area contributed by atoms with Gasteiger partial charge >= 0.3 is 0 Å². The van der Waals surface area contributed by atoms with E-state index in [0.717, 1.165) is 22.5 Å². The van der Waals surface area contributed by atoms with Crippen molar-refractivity contribution in [2.24, 2.45) is 10.9 Å². The van der Waals surface area contributed by atoms with Gasteiger partial charge in [0.1, 0.15) is 5.25 Å². The second-order valence-corrected chi connectivity index (χ2v) is 8.92. The van der Waals surface area contributed by atoms with E-state index in [4.69, 9.17) is 4.99 Å². The molecule has 2 aromatic rings. The molecular weight excluding hydrogens is 382 g/mol. The third-order valence-electron chi connectivity index (χ3n) is 4.62. The average molecular weight is 410 g/mol. The summed E-state index contributed by atoms with van der Waals surface area (Å²) in [5, 5.41) is 3.13. The SMILES string of the molecule is Cc1ccc(N=C2S[C@H](CC(=O)Nc3ccccc3C)C(=O)N2CC(C)C)cc1. The monoisotopic (exact) mass is 409 g/mol. The van der Waals surface area contributed by atoms with E-state index >= 15 is 0 Å². The number of amides is 2. The van der Waals surface area contributed by atoms with Crippen LogP contribution in [0.15, 0.2) is 53.5 Å². The fourth-order valence-electron chi connectivity index (χ4n) is 3.07. The number of nitrogens with one attached hydrogen (secondary N) is 1. The number of aryl methyl sites for hydroxylation is 2.